The number of ether oxygens (including phenoxy) is 1. The number of amides is 2. The Labute approximate surface area is 207 Å². The maximum Gasteiger partial charge on any atom is 0.327 e. The number of pyridine rings is 1. The fourth-order valence-electron chi connectivity index (χ4n) is 4.71. The first-order chi connectivity index (χ1) is 16.9. The van der Waals surface area contributed by atoms with E-state index in [9.17, 15) is 14.4 Å². The van der Waals surface area contributed by atoms with E-state index in [1.54, 1.807) is 41.2 Å². The largest absolute Gasteiger partial charge is 0.376 e. The van der Waals surface area contributed by atoms with Gasteiger partial charge < -0.3 is 4.74 Å². The van der Waals surface area contributed by atoms with Crippen LogP contribution in [0.4, 0.5) is 0 Å². The van der Waals surface area contributed by atoms with E-state index in [-0.39, 0.29) is 29.5 Å². The molecule has 8 nitrogen and oxygen atoms in total. The molecule has 9 heteroatoms. The van der Waals surface area contributed by atoms with Gasteiger partial charge in [0.1, 0.15) is 5.57 Å². The molecule has 1 N–H and O–H groups in total. The highest BCUT2D eigenvalue weighted by Gasteiger charge is 2.48. The SMILES string of the molecule is CCc1[nH]n(-c2cccc(Cl)c2)c(=O)c1C1=C([n+]2cccc(C)c2)C(=O)N(C[C@@H]2CCCO2)C1=O. The van der Waals surface area contributed by atoms with Gasteiger partial charge in [-0.1, -0.05) is 24.6 Å². The molecule has 1 atom stereocenters. The molecule has 4 heterocycles. The van der Waals surface area contributed by atoms with E-state index in [2.05, 4.69) is 5.10 Å². The van der Waals surface area contributed by atoms with Crippen molar-refractivity contribution in [1.29, 1.82) is 0 Å². The second kappa shape index (κ2) is 9.28. The molecular formula is C26H26ClN4O4+. The molecule has 2 aliphatic heterocycles. The van der Waals surface area contributed by atoms with Crippen molar-refractivity contribution in [1.82, 2.24) is 14.7 Å². The van der Waals surface area contributed by atoms with Gasteiger partial charge in [-0.25, -0.2) is 4.68 Å². The van der Waals surface area contributed by atoms with Gasteiger partial charge in [-0.15, -0.1) is 0 Å². The van der Waals surface area contributed by atoms with Gasteiger partial charge in [0.05, 0.1) is 23.9 Å². The van der Waals surface area contributed by atoms with Gasteiger partial charge in [0.25, 0.3) is 17.2 Å². The van der Waals surface area contributed by atoms with Crippen LogP contribution in [-0.2, 0) is 20.7 Å². The standard InChI is InChI=1S/C26H25ClN4O4/c1-3-20-21(25(33)31(28-20)18-9-4-8-17(27)13-18)22-23(29-11-5-7-16(2)14-29)26(34)30(24(22)32)15-19-10-6-12-35-19/h4-5,7-9,11,13-14,19H,3,6,10,12,15H2,1-2H3/p+1/t19-/m0/s1. The lowest BCUT2D eigenvalue weighted by Crippen LogP contribution is -2.42. The number of carbonyl (C=O) groups excluding carboxylic acids is 2. The Morgan fingerprint density at radius 3 is 2.69 bits per heavy atom. The Kier molecular flexibility index (Phi) is 6.17. The average molecular weight is 494 g/mol. The summed E-state index contributed by atoms with van der Waals surface area (Å²) in [6.45, 7) is 4.57. The summed E-state index contributed by atoms with van der Waals surface area (Å²) in [7, 11) is 0. The first-order valence-electron chi connectivity index (χ1n) is 11.7. The summed E-state index contributed by atoms with van der Waals surface area (Å²) in [5.74, 6) is -0.924. The minimum Gasteiger partial charge on any atom is -0.376 e. The van der Waals surface area contributed by atoms with E-state index >= 15 is 0 Å². The second-order valence-corrected chi connectivity index (χ2v) is 9.24. The summed E-state index contributed by atoms with van der Waals surface area (Å²) in [6.07, 6.45) is 5.43. The zero-order valence-electron chi connectivity index (χ0n) is 19.6. The number of benzene rings is 1. The summed E-state index contributed by atoms with van der Waals surface area (Å²) < 4.78 is 8.70. The van der Waals surface area contributed by atoms with Crippen molar-refractivity contribution in [3.8, 4) is 5.69 Å². The van der Waals surface area contributed by atoms with Crippen LogP contribution in [0.5, 0.6) is 0 Å². The van der Waals surface area contributed by atoms with Gasteiger partial charge in [0.15, 0.2) is 12.4 Å². The third kappa shape index (κ3) is 4.13. The van der Waals surface area contributed by atoms with E-state index < -0.39 is 17.4 Å². The molecule has 1 fully saturated rings. The normalized spacial score (nSPS) is 18.3. The van der Waals surface area contributed by atoms with Gasteiger partial charge in [0.2, 0.25) is 0 Å². The summed E-state index contributed by atoms with van der Waals surface area (Å²) in [4.78, 5) is 42.4. The van der Waals surface area contributed by atoms with Crippen LogP contribution >= 0.6 is 11.6 Å². The van der Waals surface area contributed by atoms with Crippen molar-refractivity contribution in [2.45, 2.75) is 39.2 Å². The number of nitrogens with one attached hydrogen (secondary N) is 1. The van der Waals surface area contributed by atoms with Gasteiger partial charge in [-0.05, 0) is 50.5 Å². The van der Waals surface area contributed by atoms with Gasteiger partial charge in [0, 0.05) is 29.0 Å². The molecule has 2 aliphatic rings. The van der Waals surface area contributed by atoms with Crippen LogP contribution in [0, 0.1) is 6.92 Å². The minimum absolute atomic E-state index is 0.0995. The zero-order valence-corrected chi connectivity index (χ0v) is 20.3. The monoisotopic (exact) mass is 493 g/mol. The highest BCUT2D eigenvalue weighted by atomic mass is 35.5. The fourth-order valence-corrected chi connectivity index (χ4v) is 4.90. The van der Waals surface area contributed by atoms with Crippen LogP contribution in [-0.4, -0.2) is 45.8 Å². The number of halogens is 1. The van der Waals surface area contributed by atoms with E-state index in [4.69, 9.17) is 16.3 Å². The highest BCUT2D eigenvalue weighted by Crippen LogP contribution is 2.31. The number of imide groups is 1. The Balaban J connectivity index is 1.71. The quantitative estimate of drug-likeness (QED) is 0.422. The molecule has 3 aromatic rings. The number of aromatic nitrogens is 3. The van der Waals surface area contributed by atoms with Crippen molar-refractivity contribution in [2.24, 2.45) is 0 Å². The van der Waals surface area contributed by atoms with E-state index in [1.807, 2.05) is 26.0 Å². The highest BCUT2D eigenvalue weighted by molar-refractivity contribution is 6.44. The van der Waals surface area contributed by atoms with E-state index in [1.165, 1.54) is 9.58 Å². The zero-order chi connectivity index (χ0) is 24.7. The minimum atomic E-state index is -0.487. The molecule has 0 aliphatic carbocycles. The van der Waals surface area contributed by atoms with Crippen molar-refractivity contribution < 1.29 is 18.9 Å². The van der Waals surface area contributed by atoms with E-state index in [0.29, 0.717) is 29.4 Å². The Bertz CT molecular complexity index is 1410. The Hall–Kier alpha value is -3.49. The predicted molar refractivity (Wildman–Crippen MR) is 131 cm³/mol. The lowest BCUT2D eigenvalue weighted by molar-refractivity contribution is -0.577. The second-order valence-electron chi connectivity index (χ2n) is 8.81. The molecular weight excluding hydrogens is 468 g/mol. The van der Waals surface area contributed by atoms with E-state index in [0.717, 1.165) is 18.4 Å². The van der Waals surface area contributed by atoms with Crippen molar-refractivity contribution >= 4 is 34.7 Å². The number of H-pyrrole nitrogens is 1. The molecule has 0 bridgehead atoms. The number of hydrogen-bond donors (Lipinski definition) is 1. The number of carbonyl (C=O) groups is 2. The third-order valence-electron chi connectivity index (χ3n) is 6.40. The number of aromatic amines is 1. The molecule has 1 saturated heterocycles. The van der Waals surface area contributed by atoms with Gasteiger partial charge in [-0.3, -0.25) is 24.4 Å². The summed E-state index contributed by atoms with van der Waals surface area (Å²) in [5, 5.41) is 3.60. The fraction of sp³-hybridized carbons (Fsp3) is 0.308. The van der Waals surface area contributed by atoms with Crippen LogP contribution < -0.4 is 10.1 Å². The predicted octanol–water partition coefficient (Wildman–Crippen LogP) is 2.89. The van der Waals surface area contributed by atoms with Crippen LogP contribution in [0.2, 0.25) is 5.02 Å². The maximum atomic E-state index is 13.8. The van der Waals surface area contributed by atoms with Crippen LogP contribution in [0.15, 0.2) is 53.6 Å². The first-order valence-corrected chi connectivity index (χ1v) is 12.1. The van der Waals surface area contributed by atoms with Gasteiger partial charge in [-0.2, -0.15) is 4.57 Å². The van der Waals surface area contributed by atoms with Crippen LogP contribution in [0.25, 0.3) is 17.0 Å². The van der Waals surface area contributed by atoms with Crippen molar-refractivity contribution in [2.75, 3.05) is 13.2 Å². The molecule has 2 aromatic heterocycles. The Morgan fingerprint density at radius 1 is 1.17 bits per heavy atom. The summed E-state index contributed by atoms with van der Waals surface area (Å²) in [5.41, 5.74) is 2.08. The average Bonchev–Trinajstić information content (AvgIpc) is 3.53. The number of hydrogen-bond acceptors (Lipinski definition) is 4. The lowest BCUT2D eigenvalue weighted by atomic mass is 10.0. The molecule has 0 radical (unpaired) electrons. The molecule has 0 unspecified atom stereocenters. The molecule has 2 amide bonds. The lowest BCUT2D eigenvalue weighted by Gasteiger charge is -2.18. The first kappa shape index (κ1) is 23.3. The molecule has 0 saturated carbocycles. The molecule has 5 rings (SSSR count). The smallest absolute Gasteiger partial charge is 0.327 e. The Morgan fingerprint density at radius 2 is 2.00 bits per heavy atom. The summed E-state index contributed by atoms with van der Waals surface area (Å²) >= 11 is 6.16. The van der Waals surface area contributed by atoms with Crippen molar-refractivity contribution in [3.05, 3.63) is 81.0 Å². The molecule has 1 aromatic carbocycles. The van der Waals surface area contributed by atoms with Crippen LogP contribution in [0.1, 0.15) is 36.6 Å². The van der Waals surface area contributed by atoms with Crippen molar-refractivity contribution in [3.63, 3.8) is 0 Å². The van der Waals surface area contributed by atoms with Gasteiger partial charge >= 0.3 is 5.91 Å². The number of rotatable bonds is 6. The molecule has 35 heavy (non-hydrogen) atoms. The topological polar surface area (TPSA) is 88.3 Å². The maximum absolute atomic E-state index is 13.8. The third-order valence-corrected chi connectivity index (χ3v) is 6.63. The number of nitrogens with zero attached hydrogens (tertiary/aromatic N) is 3. The molecule has 180 valence electrons. The van der Waals surface area contributed by atoms with Crippen LogP contribution in [0.3, 0.4) is 0 Å². The number of aryl methyl sites for hydroxylation is 2. The summed E-state index contributed by atoms with van der Waals surface area (Å²) in [6, 6.07) is 10.6. The molecule has 0 spiro atoms.